The van der Waals surface area contributed by atoms with Gasteiger partial charge in [-0.25, -0.2) is 0 Å². The third-order valence-corrected chi connectivity index (χ3v) is 14.3. The molecule has 0 aromatic heterocycles. The van der Waals surface area contributed by atoms with Crippen LogP contribution in [0.25, 0.3) is 0 Å². The molecule has 0 N–H and O–H groups in total. The van der Waals surface area contributed by atoms with Crippen LogP contribution >= 0.6 is 0 Å². The highest BCUT2D eigenvalue weighted by molar-refractivity contribution is 5.71. The lowest BCUT2D eigenvalue weighted by atomic mass is 10.0. The van der Waals surface area contributed by atoms with E-state index in [0.717, 1.165) is 96.3 Å². The lowest BCUT2D eigenvalue weighted by Crippen LogP contribution is -2.30. The molecule has 73 heavy (non-hydrogen) atoms. The van der Waals surface area contributed by atoms with Crippen LogP contribution in [0.5, 0.6) is 0 Å². The van der Waals surface area contributed by atoms with Crippen molar-refractivity contribution in [3.05, 3.63) is 48.6 Å². The second-order valence-electron chi connectivity index (χ2n) is 21.7. The van der Waals surface area contributed by atoms with Crippen LogP contribution in [0.3, 0.4) is 0 Å². The van der Waals surface area contributed by atoms with E-state index in [9.17, 15) is 14.4 Å². The normalized spacial score (nSPS) is 12.3. The molecule has 1 atom stereocenters. The summed E-state index contributed by atoms with van der Waals surface area (Å²) >= 11 is 0. The SMILES string of the molecule is CC/C=C\C/C=C\C/C=C\C/C=C\CCCCCCC(=O)OC(COC(=O)CCCCCCCCCCC)COC(=O)CCCCCCCCCCCCCCCCCCCCCCCCCCCCCCC. The molecule has 0 aromatic carbocycles. The number of hydrogen-bond acceptors (Lipinski definition) is 6. The van der Waals surface area contributed by atoms with Crippen molar-refractivity contribution in [2.45, 2.75) is 348 Å². The largest absolute Gasteiger partial charge is 0.462 e. The Labute approximate surface area is 454 Å². The molecule has 6 nitrogen and oxygen atoms in total. The van der Waals surface area contributed by atoms with Crippen molar-refractivity contribution >= 4 is 17.9 Å². The summed E-state index contributed by atoms with van der Waals surface area (Å²) < 4.78 is 16.8. The third-order valence-electron chi connectivity index (χ3n) is 14.3. The van der Waals surface area contributed by atoms with Crippen molar-refractivity contribution < 1.29 is 28.6 Å². The fraction of sp³-hybridized carbons (Fsp3) is 0.836. The third kappa shape index (κ3) is 60.1. The van der Waals surface area contributed by atoms with E-state index in [1.807, 2.05) is 0 Å². The van der Waals surface area contributed by atoms with Crippen LogP contribution < -0.4 is 0 Å². The van der Waals surface area contributed by atoms with E-state index >= 15 is 0 Å². The molecule has 0 aliphatic rings. The van der Waals surface area contributed by atoms with Gasteiger partial charge in [-0.3, -0.25) is 14.4 Å². The molecule has 0 saturated heterocycles. The first kappa shape index (κ1) is 70.4. The van der Waals surface area contributed by atoms with Gasteiger partial charge < -0.3 is 14.2 Å². The summed E-state index contributed by atoms with van der Waals surface area (Å²) in [6.45, 7) is 6.53. The van der Waals surface area contributed by atoms with Crippen LogP contribution in [0.2, 0.25) is 0 Å². The Bertz CT molecular complexity index is 1270. The molecule has 1 unspecified atom stereocenters. The Balaban J connectivity index is 4.11. The Morgan fingerprint density at radius 3 is 0.836 bits per heavy atom. The van der Waals surface area contributed by atoms with Gasteiger partial charge >= 0.3 is 17.9 Å². The second kappa shape index (κ2) is 61.9. The number of unbranched alkanes of at least 4 members (excludes halogenated alkanes) is 40. The fourth-order valence-corrected chi connectivity index (χ4v) is 9.56. The summed E-state index contributed by atoms with van der Waals surface area (Å²) in [6, 6.07) is 0. The molecule has 0 fully saturated rings. The molecule has 0 spiro atoms. The minimum atomic E-state index is -0.782. The highest BCUT2D eigenvalue weighted by Gasteiger charge is 2.19. The molecule has 0 amide bonds. The van der Waals surface area contributed by atoms with Gasteiger partial charge in [0.2, 0.25) is 0 Å². The first-order valence-electron chi connectivity index (χ1n) is 32.1. The van der Waals surface area contributed by atoms with Gasteiger partial charge in [0.15, 0.2) is 6.10 Å². The molecule has 0 bridgehead atoms. The van der Waals surface area contributed by atoms with Crippen molar-refractivity contribution in [2.24, 2.45) is 0 Å². The van der Waals surface area contributed by atoms with Crippen LogP contribution in [0.15, 0.2) is 48.6 Å². The smallest absolute Gasteiger partial charge is 0.306 e. The number of rotatable bonds is 59. The van der Waals surface area contributed by atoms with Gasteiger partial charge in [0, 0.05) is 19.3 Å². The molecule has 426 valence electrons. The van der Waals surface area contributed by atoms with Gasteiger partial charge in [-0.15, -0.1) is 0 Å². The molecule has 0 rings (SSSR count). The summed E-state index contributed by atoms with van der Waals surface area (Å²) in [5, 5.41) is 0. The van der Waals surface area contributed by atoms with Crippen LogP contribution in [0, 0.1) is 0 Å². The van der Waals surface area contributed by atoms with Gasteiger partial charge in [0.1, 0.15) is 13.2 Å². The fourth-order valence-electron chi connectivity index (χ4n) is 9.56. The molecule has 0 aliphatic carbocycles. The van der Waals surface area contributed by atoms with E-state index in [4.69, 9.17) is 14.2 Å². The maximum atomic E-state index is 12.8. The number of ether oxygens (including phenoxy) is 3. The van der Waals surface area contributed by atoms with Gasteiger partial charge in [-0.1, -0.05) is 313 Å². The molecule has 6 heteroatoms. The molecule has 0 radical (unpaired) electrons. The Morgan fingerprint density at radius 2 is 0.534 bits per heavy atom. The predicted octanol–water partition coefficient (Wildman–Crippen LogP) is 21.8. The van der Waals surface area contributed by atoms with E-state index in [-0.39, 0.29) is 31.1 Å². The van der Waals surface area contributed by atoms with Gasteiger partial charge in [0.25, 0.3) is 0 Å². The van der Waals surface area contributed by atoms with Crippen LogP contribution in [0.1, 0.15) is 342 Å². The van der Waals surface area contributed by atoms with Crippen LogP contribution in [-0.2, 0) is 28.6 Å². The zero-order valence-electron chi connectivity index (χ0n) is 48.9. The monoisotopic (exact) mass is 1020 g/mol. The van der Waals surface area contributed by atoms with Crippen molar-refractivity contribution in [1.82, 2.24) is 0 Å². The van der Waals surface area contributed by atoms with Crippen molar-refractivity contribution in [3.8, 4) is 0 Å². The zero-order valence-corrected chi connectivity index (χ0v) is 48.9. The Hall–Kier alpha value is -2.63. The number of hydrogen-bond donors (Lipinski definition) is 0. The summed E-state index contributed by atoms with van der Waals surface area (Å²) in [6.07, 6.45) is 77.2. The summed E-state index contributed by atoms with van der Waals surface area (Å²) in [5.74, 6) is -0.888. The topological polar surface area (TPSA) is 78.9 Å². The molecule has 0 aliphatic heterocycles. The van der Waals surface area contributed by atoms with Gasteiger partial charge in [0.05, 0.1) is 0 Å². The molecular formula is C67H122O6. The lowest BCUT2D eigenvalue weighted by Gasteiger charge is -2.18. The quantitative estimate of drug-likeness (QED) is 0.0261. The van der Waals surface area contributed by atoms with E-state index in [1.54, 1.807) is 0 Å². The Kier molecular flexibility index (Phi) is 59.7. The molecule has 0 aromatic rings. The summed E-state index contributed by atoms with van der Waals surface area (Å²) in [7, 11) is 0. The molecular weight excluding hydrogens is 901 g/mol. The van der Waals surface area contributed by atoms with Crippen LogP contribution in [-0.4, -0.2) is 37.2 Å². The van der Waals surface area contributed by atoms with E-state index in [0.29, 0.717) is 19.3 Å². The predicted molar refractivity (Wildman–Crippen MR) is 316 cm³/mol. The molecule has 0 saturated carbocycles. The highest BCUT2D eigenvalue weighted by Crippen LogP contribution is 2.18. The number of carbonyl (C=O) groups excluding carboxylic acids is 3. The Morgan fingerprint density at radius 1 is 0.288 bits per heavy atom. The maximum Gasteiger partial charge on any atom is 0.306 e. The van der Waals surface area contributed by atoms with Crippen molar-refractivity contribution in [3.63, 3.8) is 0 Å². The summed E-state index contributed by atoms with van der Waals surface area (Å²) in [5.41, 5.74) is 0. The van der Waals surface area contributed by atoms with Crippen LogP contribution in [0.4, 0.5) is 0 Å². The average Bonchev–Trinajstić information content (AvgIpc) is 3.39. The summed E-state index contributed by atoms with van der Waals surface area (Å²) in [4.78, 5) is 38.1. The number of allylic oxidation sites excluding steroid dienone is 8. The number of carbonyl (C=O) groups is 3. The number of esters is 3. The van der Waals surface area contributed by atoms with Crippen molar-refractivity contribution in [2.75, 3.05) is 13.2 Å². The van der Waals surface area contributed by atoms with E-state index < -0.39 is 6.10 Å². The van der Waals surface area contributed by atoms with E-state index in [2.05, 4.69) is 69.4 Å². The minimum absolute atomic E-state index is 0.0791. The van der Waals surface area contributed by atoms with Gasteiger partial charge in [-0.2, -0.15) is 0 Å². The standard InChI is InChI=1S/C67H122O6/c1-4-7-10-13-16-19-21-23-25-27-28-29-30-31-32-33-34-35-36-37-38-40-41-43-45-48-51-54-57-60-66(69)72-63-64(62-71-65(68)59-56-53-50-47-18-15-12-9-6-3)73-67(70)61-58-55-52-49-46-44-42-39-26-24-22-20-17-14-11-8-5-2/h8,11,17,20,24,26,42,44,64H,4-7,9-10,12-16,18-19,21-23,25,27-41,43,45-63H2,1-3H3/b11-8-,20-17-,26-24-,44-42-. The lowest BCUT2D eigenvalue weighted by molar-refractivity contribution is -0.167. The molecule has 0 heterocycles. The first-order chi connectivity index (χ1) is 36.0. The zero-order chi connectivity index (χ0) is 52.9. The highest BCUT2D eigenvalue weighted by atomic mass is 16.6. The average molecular weight is 1020 g/mol. The van der Waals surface area contributed by atoms with Gasteiger partial charge in [-0.05, 0) is 57.8 Å². The van der Waals surface area contributed by atoms with E-state index in [1.165, 1.54) is 205 Å². The first-order valence-corrected chi connectivity index (χ1v) is 32.1. The minimum Gasteiger partial charge on any atom is -0.462 e. The maximum absolute atomic E-state index is 12.8. The second-order valence-corrected chi connectivity index (χ2v) is 21.7. The van der Waals surface area contributed by atoms with Crippen molar-refractivity contribution in [1.29, 1.82) is 0 Å².